The molecule has 0 fully saturated rings. The number of hydrogen-bond donors (Lipinski definition) is 1. The summed E-state index contributed by atoms with van der Waals surface area (Å²) in [6, 6.07) is 10.2. The van der Waals surface area contributed by atoms with Gasteiger partial charge in [-0.1, -0.05) is 22.8 Å². The second-order valence-electron chi connectivity index (χ2n) is 6.33. The molecule has 10 heteroatoms. The number of amides is 1. The Bertz CT molecular complexity index is 1130. The molecule has 0 aliphatic heterocycles. The highest BCUT2D eigenvalue weighted by atomic mass is 35.5. The lowest BCUT2D eigenvalue weighted by molar-refractivity contribution is -0.116. The fraction of sp³-hybridized carbons (Fsp3) is 0.211. The molecule has 2 aromatic carbocycles. The van der Waals surface area contributed by atoms with Gasteiger partial charge in [0.25, 0.3) is 0 Å². The van der Waals surface area contributed by atoms with Crippen molar-refractivity contribution in [1.29, 1.82) is 0 Å². The van der Waals surface area contributed by atoms with Crippen molar-refractivity contribution >= 4 is 33.0 Å². The van der Waals surface area contributed by atoms with E-state index in [1.165, 1.54) is 30.3 Å². The number of anilines is 1. The first kappa shape index (κ1) is 20.9. The summed E-state index contributed by atoms with van der Waals surface area (Å²) in [7, 11) is -3.65. The maximum atomic E-state index is 13.5. The quantitative estimate of drug-likeness (QED) is 0.604. The van der Waals surface area contributed by atoms with Gasteiger partial charge in [-0.2, -0.15) is 4.98 Å². The average Bonchev–Trinajstić information content (AvgIpc) is 3.10. The Kier molecular flexibility index (Phi) is 6.29. The van der Waals surface area contributed by atoms with Crippen LogP contribution >= 0.6 is 11.6 Å². The molecule has 1 aromatic heterocycles. The van der Waals surface area contributed by atoms with Crippen molar-refractivity contribution in [3.63, 3.8) is 0 Å². The third-order valence-electron chi connectivity index (χ3n) is 4.02. The van der Waals surface area contributed by atoms with Crippen LogP contribution in [0.15, 0.2) is 51.9 Å². The molecule has 0 saturated carbocycles. The first-order valence-corrected chi connectivity index (χ1v) is 10.6. The van der Waals surface area contributed by atoms with Crippen LogP contribution < -0.4 is 5.32 Å². The lowest BCUT2D eigenvalue weighted by Gasteiger charge is -2.05. The molecule has 0 atom stereocenters. The topological polar surface area (TPSA) is 102 Å². The van der Waals surface area contributed by atoms with Gasteiger partial charge < -0.3 is 9.84 Å². The molecule has 1 amide bonds. The van der Waals surface area contributed by atoms with Crippen LogP contribution in [-0.2, 0) is 26.8 Å². The summed E-state index contributed by atoms with van der Waals surface area (Å²) in [4.78, 5) is 16.1. The number of carbonyl (C=O) groups excluding carboxylic acids is 1. The van der Waals surface area contributed by atoms with Gasteiger partial charge in [0.05, 0.1) is 4.90 Å². The molecule has 0 aliphatic rings. The fourth-order valence-electron chi connectivity index (χ4n) is 2.46. The fourth-order valence-corrected chi connectivity index (χ4v) is 3.76. The molecule has 152 valence electrons. The molecule has 0 radical (unpaired) electrons. The second kappa shape index (κ2) is 8.71. The maximum Gasteiger partial charge on any atom is 0.227 e. The van der Waals surface area contributed by atoms with E-state index in [1.807, 2.05) is 0 Å². The predicted molar refractivity (Wildman–Crippen MR) is 105 cm³/mol. The van der Waals surface area contributed by atoms with E-state index in [2.05, 4.69) is 15.5 Å². The molecular weight excluding hydrogens is 421 g/mol. The van der Waals surface area contributed by atoms with Crippen molar-refractivity contribution in [2.45, 2.75) is 30.4 Å². The Labute approximate surface area is 171 Å². The van der Waals surface area contributed by atoms with E-state index in [4.69, 9.17) is 16.1 Å². The Morgan fingerprint density at radius 1 is 1.21 bits per heavy atom. The van der Waals surface area contributed by atoms with Gasteiger partial charge in [-0.3, -0.25) is 4.79 Å². The second-order valence-corrected chi connectivity index (χ2v) is 8.76. The third-order valence-corrected chi connectivity index (χ3v) is 5.90. The summed E-state index contributed by atoms with van der Waals surface area (Å²) in [6.45, 7) is 1.63. The van der Waals surface area contributed by atoms with Crippen molar-refractivity contribution < 1.29 is 22.1 Å². The summed E-state index contributed by atoms with van der Waals surface area (Å²) < 4.78 is 43.3. The van der Waals surface area contributed by atoms with Gasteiger partial charge in [0.15, 0.2) is 15.7 Å². The van der Waals surface area contributed by atoms with E-state index in [1.54, 1.807) is 19.1 Å². The number of sulfone groups is 1. The molecular formula is C19H17ClFN3O4S. The summed E-state index contributed by atoms with van der Waals surface area (Å²) in [5, 5.41) is 6.66. The zero-order valence-corrected chi connectivity index (χ0v) is 16.9. The first-order valence-electron chi connectivity index (χ1n) is 8.59. The summed E-state index contributed by atoms with van der Waals surface area (Å²) in [5.74, 6) is -1.08. The Balaban J connectivity index is 1.56. The van der Waals surface area contributed by atoms with Crippen LogP contribution in [0.3, 0.4) is 0 Å². The average molecular weight is 438 g/mol. The Morgan fingerprint density at radius 3 is 2.62 bits per heavy atom. The number of carbonyl (C=O) groups is 1. The zero-order chi connectivity index (χ0) is 21.0. The third kappa shape index (κ3) is 5.61. The molecule has 1 heterocycles. The van der Waals surface area contributed by atoms with Crippen molar-refractivity contribution in [2.24, 2.45) is 0 Å². The van der Waals surface area contributed by atoms with Gasteiger partial charge in [0.1, 0.15) is 11.6 Å². The molecule has 0 unspecified atom stereocenters. The first-order chi connectivity index (χ1) is 13.7. The number of nitrogens with one attached hydrogen (secondary N) is 1. The minimum absolute atomic E-state index is 0.00374. The number of aryl methyl sites for hydroxylation is 2. The number of nitrogens with zero attached hydrogens (tertiary/aromatic N) is 2. The molecule has 1 N–H and O–H groups in total. The van der Waals surface area contributed by atoms with Crippen LogP contribution in [0, 0.1) is 12.7 Å². The number of rotatable bonds is 7. The van der Waals surface area contributed by atoms with Crippen LogP contribution in [0.5, 0.6) is 0 Å². The SMILES string of the molecule is Cc1ccc(NC(=O)CCc2nc(CS(=O)(=O)c3ccc(Cl)cc3)no2)cc1F. The van der Waals surface area contributed by atoms with Gasteiger partial charge in [0, 0.05) is 23.6 Å². The minimum Gasteiger partial charge on any atom is -0.339 e. The van der Waals surface area contributed by atoms with Gasteiger partial charge >= 0.3 is 0 Å². The van der Waals surface area contributed by atoms with Crippen LogP contribution in [0.2, 0.25) is 5.02 Å². The van der Waals surface area contributed by atoms with Crippen LogP contribution in [0.1, 0.15) is 23.7 Å². The number of aromatic nitrogens is 2. The normalized spacial score (nSPS) is 11.4. The van der Waals surface area contributed by atoms with Gasteiger partial charge in [-0.25, -0.2) is 12.8 Å². The lowest BCUT2D eigenvalue weighted by atomic mass is 10.2. The molecule has 0 bridgehead atoms. The van der Waals surface area contributed by atoms with E-state index < -0.39 is 21.4 Å². The largest absolute Gasteiger partial charge is 0.339 e. The molecule has 0 aliphatic carbocycles. The summed E-state index contributed by atoms with van der Waals surface area (Å²) in [5.41, 5.74) is 0.827. The smallest absolute Gasteiger partial charge is 0.227 e. The summed E-state index contributed by atoms with van der Waals surface area (Å²) >= 11 is 5.77. The molecule has 0 saturated heterocycles. The van der Waals surface area contributed by atoms with Crippen LogP contribution in [0.25, 0.3) is 0 Å². The zero-order valence-electron chi connectivity index (χ0n) is 15.4. The highest BCUT2D eigenvalue weighted by Crippen LogP contribution is 2.18. The van der Waals surface area contributed by atoms with Crippen LogP contribution in [0.4, 0.5) is 10.1 Å². The van der Waals surface area contributed by atoms with E-state index in [0.29, 0.717) is 16.3 Å². The number of halogens is 2. The molecule has 3 rings (SSSR count). The van der Waals surface area contributed by atoms with E-state index >= 15 is 0 Å². The van der Waals surface area contributed by atoms with Crippen LogP contribution in [-0.4, -0.2) is 24.5 Å². The predicted octanol–water partition coefficient (Wildman–Crippen LogP) is 3.72. The monoisotopic (exact) mass is 437 g/mol. The molecule has 3 aromatic rings. The highest BCUT2D eigenvalue weighted by molar-refractivity contribution is 7.90. The van der Waals surface area contributed by atoms with Crippen molar-refractivity contribution in [2.75, 3.05) is 5.32 Å². The number of hydrogen-bond acceptors (Lipinski definition) is 6. The van der Waals surface area contributed by atoms with Crippen molar-refractivity contribution in [3.05, 3.63) is 70.6 Å². The number of benzene rings is 2. The van der Waals surface area contributed by atoms with Gasteiger partial charge in [-0.05, 0) is 48.9 Å². The van der Waals surface area contributed by atoms with E-state index in [9.17, 15) is 17.6 Å². The van der Waals surface area contributed by atoms with Gasteiger partial charge in [-0.15, -0.1) is 0 Å². The van der Waals surface area contributed by atoms with E-state index in [0.717, 1.165) is 0 Å². The van der Waals surface area contributed by atoms with Crippen molar-refractivity contribution in [1.82, 2.24) is 10.1 Å². The standard InChI is InChI=1S/C19H17ClFN3O4S/c1-12-2-5-14(10-16(12)21)22-18(25)8-9-19-23-17(24-28-19)11-29(26,27)15-6-3-13(20)4-7-15/h2-7,10H,8-9,11H2,1H3,(H,22,25). The maximum absolute atomic E-state index is 13.5. The van der Waals surface area contributed by atoms with Gasteiger partial charge in [0.2, 0.25) is 11.8 Å². The Hall–Kier alpha value is -2.78. The highest BCUT2D eigenvalue weighted by Gasteiger charge is 2.19. The van der Waals surface area contributed by atoms with Crippen molar-refractivity contribution in [3.8, 4) is 0 Å². The molecule has 29 heavy (non-hydrogen) atoms. The lowest BCUT2D eigenvalue weighted by Crippen LogP contribution is -2.12. The minimum atomic E-state index is -3.65. The summed E-state index contributed by atoms with van der Waals surface area (Å²) in [6.07, 6.45) is 0.134. The molecule has 7 nitrogen and oxygen atoms in total. The molecule has 0 spiro atoms. The Morgan fingerprint density at radius 2 is 1.93 bits per heavy atom. The van der Waals surface area contributed by atoms with E-state index in [-0.39, 0.29) is 35.4 Å².